The fourth-order valence-electron chi connectivity index (χ4n) is 4.25. The van der Waals surface area contributed by atoms with Crippen molar-refractivity contribution in [2.45, 2.75) is 52.0 Å². The van der Waals surface area contributed by atoms with E-state index in [4.69, 9.17) is 24.1 Å². The van der Waals surface area contributed by atoms with E-state index in [2.05, 4.69) is 0 Å². The molecule has 2 aliphatic rings. The van der Waals surface area contributed by atoms with E-state index in [9.17, 15) is 9.18 Å². The number of rotatable bonds is 8. The first-order valence-electron chi connectivity index (χ1n) is 12.5. The molecular formula is C27H38FNO6S. The van der Waals surface area contributed by atoms with Gasteiger partial charge >= 0.3 is 0 Å². The molecule has 1 aromatic rings. The summed E-state index contributed by atoms with van der Waals surface area (Å²) in [5.74, 6) is 3.32. The topological polar surface area (TPSA) is 77.5 Å². The Morgan fingerprint density at radius 1 is 1.31 bits per heavy atom. The van der Waals surface area contributed by atoms with Gasteiger partial charge in [-0.05, 0) is 50.5 Å². The number of alkyl halides is 1. The second kappa shape index (κ2) is 14.5. The second-order valence-electron chi connectivity index (χ2n) is 8.98. The Labute approximate surface area is 217 Å². The van der Waals surface area contributed by atoms with E-state index in [0.717, 1.165) is 11.3 Å². The molecule has 1 aliphatic carbocycles. The number of methoxy groups -OCH3 is 1. The number of ether oxygens (including phenoxy) is 4. The molecule has 1 amide bonds. The average molecular weight is 524 g/mol. The molecule has 0 spiro atoms. The number of halogens is 1. The van der Waals surface area contributed by atoms with Gasteiger partial charge in [0.2, 0.25) is 5.91 Å². The van der Waals surface area contributed by atoms with Gasteiger partial charge in [0.05, 0.1) is 32.5 Å². The number of carbonyl (C=O) groups is 1. The van der Waals surface area contributed by atoms with Crippen molar-refractivity contribution >= 4 is 17.7 Å². The number of hydrogen-bond donors (Lipinski definition) is 1. The van der Waals surface area contributed by atoms with Crippen molar-refractivity contribution in [3.8, 4) is 5.75 Å². The number of hydrogen-bond acceptors (Lipinski definition) is 7. The molecule has 36 heavy (non-hydrogen) atoms. The van der Waals surface area contributed by atoms with Gasteiger partial charge in [-0.25, -0.2) is 4.39 Å². The maximum atomic E-state index is 13.4. The largest absolute Gasteiger partial charge is 0.493 e. The van der Waals surface area contributed by atoms with Crippen LogP contribution in [0.15, 0.2) is 41.4 Å². The monoisotopic (exact) mass is 523 g/mol. The predicted molar refractivity (Wildman–Crippen MR) is 139 cm³/mol. The first kappa shape index (κ1) is 28.3. The highest BCUT2D eigenvalue weighted by Crippen LogP contribution is 2.33. The maximum Gasteiger partial charge on any atom is 0.249 e. The molecule has 1 unspecified atom stereocenters. The van der Waals surface area contributed by atoms with Crippen LogP contribution in [0.5, 0.6) is 5.75 Å². The molecule has 1 heterocycles. The number of amides is 1. The Morgan fingerprint density at radius 3 is 2.86 bits per heavy atom. The molecule has 1 aliphatic heterocycles. The lowest BCUT2D eigenvalue weighted by Gasteiger charge is -2.28. The molecule has 9 heteroatoms. The zero-order valence-electron chi connectivity index (χ0n) is 21.5. The minimum Gasteiger partial charge on any atom is -0.493 e. The molecule has 0 saturated heterocycles. The van der Waals surface area contributed by atoms with Crippen LogP contribution in [0.1, 0.15) is 50.3 Å². The molecule has 0 bridgehead atoms. The van der Waals surface area contributed by atoms with E-state index in [1.807, 2.05) is 30.9 Å². The van der Waals surface area contributed by atoms with Gasteiger partial charge in [-0.15, -0.1) is 0 Å². The Kier molecular flexibility index (Phi) is 11.4. The summed E-state index contributed by atoms with van der Waals surface area (Å²) in [6.07, 6.45) is 3.31. The lowest BCUT2D eigenvalue weighted by molar-refractivity contribution is -0.127. The standard InChI is InChI=1S/C27H38FNO6S/c1-19(2)35-26-18-36-14-10-29(9-4-12-33-23-7-5-20(17-28)15-22(23)26)27(31)21-6-8-24(34-13-11-30)25(16-21)32-3/h5,7,15-16,19,26,30H,4,6,8-14,17-18H2,1-3H3. The van der Waals surface area contributed by atoms with E-state index in [0.29, 0.717) is 73.1 Å². The Bertz CT molecular complexity index is 935. The number of aliphatic hydroxyl groups excluding tert-OH is 1. The van der Waals surface area contributed by atoms with Gasteiger partial charge in [0.25, 0.3) is 0 Å². The molecule has 0 saturated carbocycles. The SMILES string of the molecule is COC1=C(OCCO)CCC(C(=O)N2CCCOc3ccc(CF)cc3C(OC(C)C)CSCC2)=C1. The van der Waals surface area contributed by atoms with Crippen molar-refractivity contribution in [3.05, 3.63) is 52.5 Å². The Balaban J connectivity index is 1.74. The van der Waals surface area contributed by atoms with Crippen molar-refractivity contribution < 1.29 is 33.2 Å². The molecular weight excluding hydrogens is 485 g/mol. The van der Waals surface area contributed by atoms with Crippen LogP contribution in [0.25, 0.3) is 0 Å². The smallest absolute Gasteiger partial charge is 0.249 e. The van der Waals surface area contributed by atoms with E-state index < -0.39 is 6.67 Å². The quantitative estimate of drug-likeness (QED) is 0.536. The van der Waals surface area contributed by atoms with Crippen molar-refractivity contribution in [1.82, 2.24) is 4.90 Å². The number of thioether (sulfide) groups is 1. The van der Waals surface area contributed by atoms with Crippen LogP contribution in [0.2, 0.25) is 0 Å². The Hall–Kier alpha value is -2.23. The number of carbonyl (C=O) groups excluding carboxylic acids is 1. The summed E-state index contributed by atoms with van der Waals surface area (Å²) in [6, 6.07) is 5.41. The highest BCUT2D eigenvalue weighted by Gasteiger charge is 2.25. The van der Waals surface area contributed by atoms with Crippen molar-refractivity contribution in [1.29, 1.82) is 0 Å². The minimum atomic E-state index is -0.531. The van der Waals surface area contributed by atoms with Gasteiger partial charge in [-0.2, -0.15) is 11.8 Å². The molecule has 1 aromatic carbocycles. The summed E-state index contributed by atoms with van der Waals surface area (Å²) in [5.41, 5.74) is 2.18. The maximum absolute atomic E-state index is 13.4. The van der Waals surface area contributed by atoms with Crippen LogP contribution < -0.4 is 4.74 Å². The van der Waals surface area contributed by atoms with Gasteiger partial charge in [0.15, 0.2) is 5.76 Å². The van der Waals surface area contributed by atoms with Crippen LogP contribution in [0.3, 0.4) is 0 Å². The summed E-state index contributed by atoms with van der Waals surface area (Å²) in [7, 11) is 1.55. The van der Waals surface area contributed by atoms with E-state index >= 15 is 0 Å². The first-order chi connectivity index (χ1) is 17.5. The van der Waals surface area contributed by atoms with Gasteiger partial charge < -0.3 is 29.0 Å². The van der Waals surface area contributed by atoms with E-state index in [-0.39, 0.29) is 31.3 Å². The number of fused-ring (bicyclic) bond motifs is 1. The van der Waals surface area contributed by atoms with Gasteiger partial charge in [0, 0.05) is 42.2 Å². The number of aliphatic hydroxyl groups is 1. The summed E-state index contributed by atoms with van der Waals surface area (Å²) in [6.45, 7) is 5.18. The number of nitrogens with zero attached hydrogens (tertiary/aromatic N) is 1. The Morgan fingerprint density at radius 2 is 2.14 bits per heavy atom. The van der Waals surface area contributed by atoms with Crippen LogP contribution in [0, 0.1) is 0 Å². The van der Waals surface area contributed by atoms with Crippen LogP contribution in [-0.4, -0.2) is 73.5 Å². The normalized spacial score (nSPS) is 19.6. The molecule has 0 aromatic heterocycles. The highest BCUT2D eigenvalue weighted by atomic mass is 32.2. The third-order valence-electron chi connectivity index (χ3n) is 5.97. The lowest BCUT2D eigenvalue weighted by atomic mass is 10.0. The molecule has 1 atom stereocenters. The van der Waals surface area contributed by atoms with E-state index in [1.54, 1.807) is 31.0 Å². The third kappa shape index (κ3) is 7.88. The summed E-state index contributed by atoms with van der Waals surface area (Å²) in [4.78, 5) is 15.3. The van der Waals surface area contributed by atoms with Crippen LogP contribution in [0.4, 0.5) is 4.39 Å². The van der Waals surface area contributed by atoms with Gasteiger partial charge in [0.1, 0.15) is 24.8 Å². The minimum absolute atomic E-state index is 0.00798. The fraction of sp³-hybridized carbons (Fsp3) is 0.593. The second-order valence-corrected chi connectivity index (χ2v) is 10.1. The van der Waals surface area contributed by atoms with Crippen LogP contribution >= 0.6 is 11.8 Å². The summed E-state index contributed by atoms with van der Waals surface area (Å²) >= 11 is 1.71. The number of benzene rings is 1. The molecule has 0 radical (unpaired) electrons. The van der Waals surface area contributed by atoms with Crippen LogP contribution in [-0.2, 0) is 25.7 Å². The molecule has 1 N–H and O–H groups in total. The highest BCUT2D eigenvalue weighted by molar-refractivity contribution is 7.99. The summed E-state index contributed by atoms with van der Waals surface area (Å²) in [5, 5.41) is 9.03. The van der Waals surface area contributed by atoms with Crippen molar-refractivity contribution in [3.63, 3.8) is 0 Å². The molecule has 200 valence electrons. The number of allylic oxidation sites excluding steroid dienone is 2. The fourth-order valence-corrected chi connectivity index (χ4v) is 5.24. The average Bonchev–Trinajstić information content (AvgIpc) is 2.88. The van der Waals surface area contributed by atoms with Crippen molar-refractivity contribution in [2.75, 3.05) is 51.5 Å². The zero-order chi connectivity index (χ0) is 25.9. The lowest BCUT2D eigenvalue weighted by Crippen LogP contribution is -2.36. The zero-order valence-corrected chi connectivity index (χ0v) is 22.3. The van der Waals surface area contributed by atoms with Gasteiger partial charge in [-0.3, -0.25) is 4.79 Å². The molecule has 0 fully saturated rings. The van der Waals surface area contributed by atoms with Gasteiger partial charge in [-0.1, -0.05) is 6.07 Å². The van der Waals surface area contributed by atoms with E-state index in [1.165, 1.54) is 0 Å². The molecule has 3 rings (SSSR count). The first-order valence-corrected chi connectivity index (χ1v) is 13.7. The van der Waals surface area contributed by atoms with Crippen molar-refractivity contribution in [2.24, 2.45) is 0 Å². The molecule has 7 nitrogen and oxygen atoms in total. The predicted octanol–water partition coefficient (Wildman–Crippen LogP) is 4.55. The third-order valence-corrected chi connectivity index (χ3v) is 6.98. The summed E-state index contributed by atoms with van der Waals surface area (Å²) < 4.78 is 36.7.